The van der Waals surface area contributed by atoms with E-state index >= 15 is 0 Å². The molecule has 2 aromatic heterocycles. The lowest BCUT2D eigenvalue weighted by Gasteiger charge is -2.16. The molecule has 1 aromatic carbocycles. The molecule has 0 amide bonds. The Morgan fingerprint density at radius 1 is 1.30 bits per heavy atom. The highest BCUT2D eigenvalue weighted by atomic mass is 32.1. The molecule has 0 aliphatic rings. The van der Waals surface area contributed by atoms with Crippen LogP contribution in [0.3, 0.4) is 0 Å². The standard InChI is InChI=1S/C16H15N3O3S/c1-19(7-10-5-3-2-4-6-10)8-11-9-23-15-12(11)14(20)17-13(18-15)16(21)22/h2-6,9H,7-8H2,1H3,(H,21,22)(H,17,18,20). The lowest BCUT2D eigenvalue weighted by atomic mass is 10.2. The van der Waals surface area contributed by atoms with E-state index in [9.17, 15) is 9.59 Å². The number of carbonyl (C=O) groups is 1. The largest absolute Gasteiger partial charge is 0.475 e. The van der Waals surface area contributed by atoms with Gasteiger partial charge < -0.3 is 10.1 Å². The summed E-state index contributed by atoms with van der Waals surface area (Å²) in [5, 5.41) is 11.3. The maximum absolute atomic E-state index is 12.2. The van der Waals surface area contributed by atoms with Gasteiger partial charge >= 0.3 is 5.97 Å². The number of thiophene rings is 1. The lowest BCUT2D eigenvalue weighted by molar-refractivity contribution is 0.0683. The molecule has 0 saturated carbocycles. The number of rotatable bonds is 5. The summed E-state index contributed by atoms with van der Waals surface area (Å²) < 4.78 is 0. The van der Waals surface area contributed by atoms with Crippen LogP contribution in [0.5, 0.6) is 0 Å². The van der Waals surface area contributed by atoms with Crippen molar-refractivity contribution >= 4 is 27.5 Å². The highest BCUT2D eigenvalue weighted by Gasteiger charge is 2.15. The molecule has 3 rings (SSSR count). The maximum Gasteiger partial charge on any atom is 0.372 e. The average Bonchev–Trinajstić information content (AvgIpc) is 2.91. The fourth-order valence-electron chi connectivity index (χ4n) is 2.47. The summed E-state index contributed by atoms with van der Waals surface area (Å²) in [5.41, 5.74) is 1.64. The van der Waals surface area contributed by atoms with Gasteiger partial charge in [0.1, 0.15) is 4.83 Å². The Hall–Kier alpha value is -2.51. The normalized spacial score (nSPS) is 11.2. The van der Waals surface area contributed by atoms with E-state index in [-0.39, 0.29) is 5.82 Å². The minimum Gasteiger partial charge on any atom is -0.475 e. The Balaban J connectivity index is 1.86. The van der Waals surface area contributed by atoms with Gasteiger partial charge in [0, 0.05) is 13.1 Å². The first-order valence-corrected chi connectivity index (χ1v) is 7.88. The Kier molecular flexibility index (Phi) is 4.22. The number of fused-ring (bicyclic) bond motifs is 1. The zero-order valence-corrected chi connectivity index (χ0v) is 13.3. The summed E-state index contributed by atoms with van der Waals surface area (Å²) >= 11 is 1.29. The molecule has 118 valence electrons. The van der Waals surface area contributed by atoms with Crippen molar-refractivity contribution in [3.63, 3.8) is 0 Å². The number of aromatic carboxylic acids is 1. The van der Waals surface area contributed by atoms with Gasteiger partial charge in [-0.15, -0.1) is 11.3 Å². The number of benzene rings is 1. The van der Waals surface area contributed by atoms with E-state index in [2.05, 4.69) is 27.0 Å². The fraction of sp³-hybridized carbons (Fsp3) is 0.188. The number of nitrogens with zero attached hydrogens (tertiary/aromatic N) is 2. The zero-order chi connectivity index (χ0) is 16.4. The van der Waals surface area contributed by atoms with Gasteiger partial charge in [-0.3, -0.25) is 9.69 Å². The van der Waals surface area contributed by atoms with Crippen LogP contribution < -0.4 is 5.56 Å². The SMILES string of the molecule is CN(Cc1ccccc1)Cc1csc2nc(C(=O)O)[nH]c(=O)c12. The van der Waals surface area contributed by atoms with Crippen molar-refractivity contribution in [2.45, 2.75) is 13.1 Å². The quantitative estimate of drug-likeness (QED) is 0.750. The van der Waals surface area contributed by atoms with E-state index in [0.717, 1.165) is 12.1 Å². The van der Waals surface area contributed by atoms with Crippen LogP contribution in [0.25, 0.3) is 10.2 Å². The number of carboxylic acids is 1. The molecule has 0 spiro atoms. The molecule has 0 saturated heterocycles. The molecule has 0 fully saturated rings. The van der Waals surface area contributed by atoms with Crippen LogP contribution in [-0.4, -0.2) is 33.0 Å². The fourth-order valence-corrected chi connectivity index (χ4v) is 3.40. The van der Waals surface area contributed by atoms with Crippen molar-refractivity contribution in [1.82, 2.24) is 14.9 Å². The topological polar surface area (TPSA) is 86.3 Å². The van der Waals surface area contributed by atoms with Gasteiger partial charge in [0.15, 0.2) is 0 Å². The van der Waals surface area contributed by atoms with E-state index in [4.69, 9.17) is 5.11 Å². The number of aromatic amines is 1. The van der Waals surface area contributed by atoms with Gasteiger partial charge in [0.05, 0.1) is 5.39 Å². The molecule has 23 heavy (non-hydrogen) atoms. The zero-order valence-electron chi connectivity index (χ0n) is 12.4. The molecule has 3 aromatic rings. The number of carboxylic acid groups (broad SMARTS) is 1. The second-order valence-corrected chi connectivity index (χ2v) is 6.18. The summed E-state index contributed by atoms with van der Waals surface area (Å²) in [6.07, 6.45) is 0. The van der Waals surface area contributed by atoms with Crippen LogP contribution >= 0.6 is 11.3 Å². The van der Waals surface area contributed by atoms with Crippen molar-refractivity contribution in [3.8, 4) is 0 Å². The number of nitrogens with one attached hydrogen (secondary N) is 1. The van der Waals surface area contributed by atoms with Crippen LogP contribution in [0.2, 0.25) is 0 Å². The van der Waals surface area contributed by atoms with Gasteiger partial charge in [-0.1, -0.05) is 30.3 Å². The van der Waals surface area contributed by atoms with Gasteiger partial charge in [-0.05, 0) is 23.6 Å². The van der Waals surface area contributed by atoms with Crippen molar-refractivity contribution in [2.75, 3.05) is 7.05 Å². The molecular formula is C16H15N3O3S. The predicted molar refractivity (Wildman–Crippen MR) is 88.8 cm³/mol. The summed E-state index contributed by atoms with van der Waals surface area (Å²) in [7, 11) is 1.98. The van der Waals surface area contributed by atoms with Gasteiger partial charge in [0.25, 0.3) is 5.56 Å². The summed E-state index contributed by atoms with van der Waals surface area (Å²) in [6.45, 7) is 1.35. The number of hydrogen-bond donors (Lipinski definition) is 2. The van der Waals surface area contributed by atoms with E-state index < -0.39 is 11.5 Å². The van der Waals surface area contributed by atoms with Crippen molar-refractivity contribution in [1.29, 1.82) is 0 Å². The molecule has 7 heteroatoms. The van der Waals surface area contributed by atoms with Crippen LogP contribution in [0.15, 0.2) is 40.5 Å². The van der Waals surface area contributed by atoms with E-state index in [1.807, 2.05) is 30.6 Å². The molecule has 0 atom stereocenters. The smallest absolute Gasteiger partial charge is 0.372 e. The van der Waals surface area contributed by atoms with Crippen LogP contribution in [0.4, 0.5) is 0 Å². The second kappa shape index (κ2) is 6.31. The summed E-state index contributed by atoms with van der Waals surface area (Å²) in [4.78, 5) is 32.0. The van der Waals surface area contributed by atoms with Gasteiger partial charge in [-0.2, -0.15) is 0 Å². The third kappa shape index (κ3) is 3.30. The molecule has 0 aliphatic heterocycles. The molecule has 2 N–H and O–H groups in total. The summed E-state index contributed by atoms with van der Waals surface area (Å²) in [5.74, 6) is -1.56. The van der Waals surface area contributed by atoms with Crippen LogP contribution in [-0.2, 0) is 13.1 Å². The van der Waals surface area contributed by atoms with E-state index in [0.29, 0.717) is 16.8 Å². The van der Waals surface area contributed by atoms with Gasteiger partial charge in [-0.25, -0.2) is 9.78 Å². The minimum atomic E-state index is -1.24. The monoisotopic (exact) mass is 329 g/mol. The number of hydrogen-bond acceptors (Lipinski definition) is 5. The Bertz CT molecular complexity index is 902. The molecule has 0 radical (unpaired) electrons. The van der Waals surface area contributed by atoms with Crippen molar-refractivity contribution < 1.29 is 9.90 Å². The first-order chi connectivity index (χ1) is 11.0. The first-order valence-electron chi connectivity index (χ1n) is 7.01. The van der Waals surface area contributed by atoms with E-state index in [1.165, 1.54) is 16.9 Å². The Labute approximate surface area is 136 Å². The number of H-pyrrole nitrogens is 1. The number of aromatic nitrogens is 2. The summed E-state index contributed by atoms with van der Waals surface area (Å²) in [6, 6.07) is 10.1. The van der Waals surface area contributed by atoms with Crippen LogP contribution in [0.1, 0.15) is 21.7 Å². The molecule has 0 aliphatic carbocycles. The molecular weight excluding hydrogens is 314 g/mol. The Morgan fingerprint density at radius 3 is 2.74 bits per heavy atom. The van der Waals surface area contributed by atoms with Crippen LogP contribution in [0, 0.1) is 0 Å². The Morgan fingerprint density at radius 2 is 2.04 bits per heavy atom. The third-order valence-corrected chi connectivity index (χ3v) is 4.38. The highest BCUT2D eigenvalue weighted by molar-refractivity contribution is 7.16. The molecule has 0 bridgehead atoms. The highest BCUT2D eigenvalue weighted by Crippen LogP contribution is 2.22. The maximum atomic E-state index is 12.2. The van der Waals surface area contributed by atoms with Crippen molar-refractivity contribution in [2.24, 2.45) is 0 Å². The first kappa shape index (κ1) is 15.4. The van der Waals surface area contributed by atoms with Gasteiger partial charge in [0.2, 0.25) is 5.82 Å². The van der Waals surface area contributed by atoms with E-state index in [1.54, 1.807) is 0 Å². The predicted octanol–water partition coefficient (Wildman–Crippen LogP) is 2.31. The second-order valence-electron chi connectivity index (χ2n) is 5.32. The molecule has 2 heterocycles. The van der Waals surface area contributed by atoms with Crippen molar-refractivity contribution in [3.05, 3.63) is 63.0 Å². The third-order valence-electron chi connectivity index (χ3n) is 3.46. The lowest BCUT2D eigenvalue weighted by Crippen LogP contribution is -2.19. The minimum absolute atomic E-state index is 0.325. The molecule has 6 nitrogen and oxygen atoms in total. The average molecular weight is 329 g/mol. The molecule has 0 unspecified atom stereocenters.